The van der Waals surface area contributed by atoms with Gasteiger partial charge in [0.25, 0.3) is 5.88 Å². The number of ether oxygens (including phenoxy) is 1. The Bertz CT molecular complexity index is 419. The highest BCUT2D eigenvalue weighted by molar-refractivity contribution is 5.23. The van der Waals surface area contributed by atoms with Crippen molar-refractivity contribution >= 4 is 0 Å². The van der Waals surface area contributed by atoms with E-state index < -0.39 is 0 Å². The number of aromatic nitrogens is 1. The Morgan fingerprint density at radius 1 is 1.42 bits per heavy atom. The fourth-order valence-electron chi connectivity index (χ4n) is 2.13. The van der Waals surface area contributed by atoms with Crippen LogP contribution in [0, 0.1) is 11.7 Å². The van der Waals surface area contributed by atoms with Crippen LogP contribution in [-0.2, 0) is 6.54 Å². The van der Waals surface area contributed by atoms with Gasteiger partial charge in [-0.3, -0.25) is 0 Å². The minimum Gasteiger partial charge on any atom is -0.473 e. The van der Waals surface area contributed by atoms with Crippen LogP contribution in [0.1, 0.15) is 45.6 Å². The molecule has 1 heterocycles. The second-order valence-electron chi connectivity index (χ2n) is 5.80. The summed E-state index contributed by atoms with van der Waals surface area (Å²) in [6.45, 7) is 6.75. The van der Waals surface area contributed by atoms with E-state index in [9.17, 15) is 4.39 Å². The van der Waals surface area contributed by atoms with Crippen molar-refractivity contribution < 1.29 is 9.13 Å². The SMILES string of the molecule is CC(C)CC(C)Oc1nccc(CNC2CC2)c1F. The van der Waals surface area contributed by atoms with Crippen LogP contribution in [0.4, 0.5) is 4.39 Å². The fourth-order valence-corrected chi connectivity index (χ4v) is 2.13. The zero-order chi connectivity index (χ0) is 13.8. The fraction of sp³-hybridized carbons (Fsp3) is 0.667. The van der Waals surface area contributed by atoms with Gasteiger partial charge in [0.05, 0.1) is 6.10 Å². The largest absolute Gasteiger partial charge is 0.473 e. The van der Waals surface area contributed by atoms with E-state index in [0.717, 1.165) is 6.42 Å². The summed E-state index contributed by atoms with van der Waals surface area (Å²) in [5.41, 5.74) is 0.633. The molecule has 4 heteroatoms. The van der Waals surface area contributed by atoms with Crippen molar-refractivity contribution in [3.8, 4) is 5.88 Å². The van der Waals surface area contributed by atoms with Gasteiger partial charge in [-0.15, -0.1) is 0 Å². The Balaban J connectivity index is 1.97. The third-order valence-electron chi connectivity index (χ3n) is 3.21. The maximum atomic E-state index is 14.2. The minimum absolute atomic E-state index is 0.0198. The highest BCUT2D eigenvalue weighted by Gasteiger charge is 2.21. The van der Waals surface area contributed by atoms with Gasteiger partial charge in [0.1, 0.15) is 0 Å². The quantitative estimate of drug-likeness (QED) is 0.822. The monoisotopic (exact) mass is 266 g/mol. The van der Waals surface area contributed by atoms with Crippen LogP contribution in [-0.4, -0.2) is 17.1 Å². The molecule has 1 fully saturated rings. The molecule has 19 heavy (non-hydrogen) atoms. The Morgan fingerprint density at radius 2 is 2.16 bits per heavy atom. The summed E-state index contributed by atoms with van der Waals surface area (Å²) in [4.78, 5) is 4.00. The number of rotatable bonds is 7. The maximum absolute atomic E-state index is 14.2. The summed E-state index contributed by atoms with van der Waals surface area (Å²) in [5, 5.41) is 3.30. The van der Waals surface area contributed by atoms with E-state index in [1.807, 2.05) is 6.92 Å². The topological polar surface area (TPSA) is 34.1 Å². The molecule has 1 N–H and O–H groups in total. The summed E-state index contributed by atoms with van der Waals surface area (Å²) in [7, 11) is 0. The van der Waals surface area contributed by atoms with Gasteiger partial charge < -0.3 is 10.1 Å². The molecule has 0 radical (unpaired) electrons. The zero-order valence-corrected chi connectivity index (χ0v) is 11.9. The third-order valence-corrected chi connectivity index (χ3v) is 3.21. The van der Waals surface area contributed by atoms with Gasteiger partial charge in [0.15, 0.2) is 5.82 Å². The Morgan fingerprint density at radius 3 is 2.79 bits per heavy atom. The van der Waals surface area contributed by atoms with Gasteiger partial charge in [-0.05, 0) is 38.2 Å². The standard InChI is InChI=1S/C15H23FN2O/c1-10(2)8-11(3)19-15-14(16)12(6-7-17-15)9-18-13-4-5-13/h6-7,10-11,13,18H,4-5,8-9H2,1-3H3. The number of nitrogens with one attached hydrogen (secondary N) is 1. The summed E-state index contributed by atoms with van der Waals surface area (Å²) in [5.74, 6) is 0.326. The van der Waals surface area contributed by atoms with Crippen molar-refractivity contribution in [2.24, 2.45) is 5.92 Å². The van der Waals surface area contributed by atoms with Crippen LogP contribution < -0.4 is 10.1 Å². The second kappa shape index (κ2) is 6.33. The minimum atomic E-state index is -0.328. The average molecular weight is 266 g/mol. The Hall–Kier alpha value is -1.16. The van der Waals surface area contributed by atoms with Gasteiger partial charge in [-0.25, -0.2) is 9.37 Å². The molecule has 0 amide bonds. The van der Waals surface area contributed by atoms with Crippen LogP contribution in [0.3, 0.4) is 0 Å². The molecule has 0 aromatic carbocycles. The van der Waals surface area contributed by atoms with E-state index >= 15 is 0 Å². The normalized spacial score (nSPS) is 16.7. The highest BCUT2D eigenvalue weighted by Crippen LogP contribution is 2.23. The van der Waals surface area contributed by atoms with Gasteiger partial charge in [-0.1, -0.05) is 13.8 Å². The molecule has 0 aliphatic heterocycles. The molecule has 1 aliphatic rings. The first-order valence-corrected chi connectivity index (χ1v) is 7.09. The molecule has 3 nitrogen and oxygen atoms in total. The first kappa shape index (κ1) is 14.3. The number of halogens is 1. The van der Waals surface area contributed by atoms with E-state index in [4.69, 9.17) is 4.74 Å². The maximum Gasteiger partial charge on any atom is 0.250 e. The summed E-state index contributed by atoms with van der Waals surface area (Å²) >= 11 is 0. The van der Waals surface area contributed by atoms with Crippen molar-refractivity contribution in [2.45, 2.75) is 58.7 Å². The van der Waals surface area contributed by atoms with Gasteiger partial charge in [0, 0.05) is 24.3 Å². The van der Waals surface area contributed by atoms with E-state index in [1.54, 1.807) is 12.3 Å². The molecule has 1 aliphatic carbocycles. The van der Waals surface area contributed by atoms with Crippen LogP contribution >= 0.6 is 0 Å². The summed E-state index contributed by atoms with van der Waals surface area (Å²) < 4.78 is 19.8. The predicted molar refractivity (Wildman–Crippen MR) is 73.6 cm³/mol. The van der Waals surface area contributed by atoms with Crippen molar-refractivity contribution in [2.75, 3.05) is 0 Å². The van der Waals surface area contributed by atoms with Gasteiger partial charge in [-0.2, -0.15) is 0 Å². The first-order valence-electron chi connectivity index (χ1n) is 7.09. The molecule has 1 atom stereocenters. The molecule has 106 valence electrons. The van der Waals surface area contributed by atoms with E-state index in [0.29, 0.717) is 24.1 Å². The number of hydrogen-bond acceptors (Lipinski definition) is 3. The van der Waals surface area contributed by atoms with Crippen molar-refractivity contribution in [1.82, 2.24) is 10.3 Å². The molecule has 0 bridgehead atoms. The van der Waals surface area contributed by atoms with E-state index in [-0.39, 0.29) is 17.8 Å². The van der Waals surface area contributed by atoms with Crippen molar-refractivity contribution in [1.29, 1.82) is 0 Å². The molecule has 0 saturated heterocycles. The molecule has 1 aromatic heterocycles. The Kier molecular flexibility index (Phi) is 4.75. The molecule has 2 rings (SSSR count). The van der Waals surface area contributed by atoms with Crippen molar-refractivity contribution in [3.05, 3.63) is 23.6 Å². The molecule has 1 unspecified atom stereocenters. The van der Waals surface area contributed by atoms with Gasteiger partial charge >= 0.3 is 0 Å². The molecular weight excluding hydrogens is 243 g/mol. The van der Waals surface area contributed by atoms with Crippen LogP contribution in [0.5, 0.6) is 5.88 Å². The van der Waals surface area contributed by atoms with Crippen molar-refractivity contribution in [3.63, 3.8) is 0 Å². The lowest BCUT2D eigenvalue weighted by Gasteiger charge is -2.17. The number of nitrogens with zero attached hydrogens (tertiary/aromatic N) is 1. The lowest BCUT2D eigenvalue weighted by Crippen LogP contribution is -2.19. The number of pyridine rings is 1. The average Bonchev–Trinajstić information content (AvgIpc) is 3.13. The zero-order valence-electron chi connectivity index (χ0n) is 11.9. The van der Waals surface area contributed by atoms with Crippen LogP contribution in [0.25, 0.3) is 0 Å². The molecule has 1 saturated carbocycles. The molecular formula is C15H23FN2O. The van der Waals surface area contributed by atoms with Crippen LogP contribution in [0.15, 0.2) is 12.3 Å². The van der Waals surface area contributed by atoms with E-state index in [2.05, 4.69) is 24.1 Å². The lowest BCUT2D eigenvalue weighted by atomic mass is 10.1. The summed E-state index contributed by atoms with van der Waals surface area (Å²) in [6, 6.07) is 2.28. The third kappa shape index (κ3) is 4.46. The second-order valence-corrected chi connectivity index (χ2v) is 5.80. The summed E-state index contributed by atoms with van der Waals surface area (Å²) in [6.07, 6.45) is 4.88. The first-order chi connectivity index (χ1) is 9.06. The number of hydrogen-bond donors (Lipinski definition) is 1. The molecule has 1 aromatic rings. The van der Waals surface area contributed by atoms with Crippen LogP contribution in [0.2, 0.25) is 0 Å². The lowest BCUT2D eigenvalue weighted by molar-refractivity contribution is 0.176. The molecule has 0 spiro atoms. The highest BCUT2D eigenvalue weighted by atomic mass is 19.1. The van der Waals surface area contributed by atoms with E-state index in [1.165, 1.54) is 12.8 Å². The Labute approximate surface area is 114 Å². The predicted octanol–water partition coefficient (Wildman–Crippen LogP) is 3.29. The van der Waals surface area contributed by atoms with Gasteiger partial charge in [0.2, 0.25) is 0 Å². The smallest absolute Gasteiger partial charge is 0.250 e.